The van der Waals surface area contributed by atoms with Gasteiger partial charge in [-0.2, -0.15) is 4.31 Å². The van der Waals surface area contributed by atoms with Crippen LogP contribution in [0.15, 0.2) is 29.2 Å². The van der Waals surface area contributed by atoms with Crippen LogP contribution < -0.4 is 0 Å². The normalized spacial score (nSPS) is 21.4. The summed E-state index contributed by atoms with van der Waals surface area (Å²) in [7, 11) is -3.88. The Labute approximate surface area is 136 Å². The second kappa shape index (κ2) is 5.66. The SMILES string of the molecule is Cc1ccc(S(=O)(=O)N2CC(=O)SC2C(Cl)(Cl)Cl)cc1. The Morgan fingerprint density at radius 1 is 1.25 bits per heavy atom. The first kappa shape index (κ1) is 16.4. The highest BCUT2D eigenvalue weighted by atomic mass is 35.6. The average Bonchev–Trinajstić information content (AvgIpc) is 2.72. The van der Waals surface area contributed by atoms with Crippen molar-refractivity contribution in [2.45, 2.75) is 21.0 Å². The first-order chi connectivity index (χ1) is 9.12. The highest BCUT2D eigenvalue weighted by Gasteiger charge is 2.50. The van der Waals surface area contributed by atoms with Gasteiger partial charge in [0.05, 0.1) is 11.4 Å². The van der Waals surface area contributed by atoms with Gasteiger partial charge in [0.25, 0.3) is 0 Å². The molecule has 0 amide bonds. The zero-order valence-electron chi connectivity index (χ0n) is 10.2. The average molecular weight is 375 g/mol. The van der Waals surface area contributed by atoms with Crippen molar-refractivity contribution in [2.24, 2.45) is 0 Å². The van der Waals surface area contributed by atoms with Crippen LogP contribution in [0.5, 0.6) is 0 Å². The van der Waals surface area contributed by atoms with Crippen LogP contribution in [0.1, 0.15) is 5.56 Å². The lowest BCUT2D eigenvalue weighted by Crippen LogP contribution is -2.41. The number of nitrogens with zero attached hydrogens (tertiary/aromatic N) is 1. The summed E-state index contributed by atoms with van der Waals surface area (Å²) in [6, 6.07) is 6.27. The summed E-state index contributed by atoms with van der Waals surface area (Å²) >= 11 is 18.0. The number of alkyl halides is 3. The minimum absolute atomic E-state index is 0.0673. The molecule has 0 aliphatic carbocycles. The molecule has 4 nitrogen and oxygen atoms in total. The minimum atomic E-state index is -3.88. The Balaban J connectivity index is 2.42. The molecule has 0 bridgehead atoms. The van der Waals surface area contributed by atoms with Crippen molar-refractivity contribution < 1.29 is 13.2 Å². The first-order valence-electron chi connectivity index (χ1n) is 5.47. The van der Waals surface area contributed by atoms with E-state index in [1.807, 2.05) is 6.92 Å². The molecule has 1 aliphatic rings. The Morgan fingerprint density at radius 2 is 1.80 bits per heavy atom. The van der Waals surface area contributed by atoms with Crippen molar-refractivity contribution in [3.8, 4) is 0 Å². The summed E-state index contributed by atoms with van der Waals surface area (Å²) in [5.74, 6) is 0. The molecule has 0 aromatic heterocycles. The zero-order chi connectivity index (χ0) is 15.1. The van der Waals surface area contributed by atoms with Gasteiger partial charge < -0.3 is 0 Å². The molecule has 0 saturated carbocycles. The van der Waals surface area contributed by atoms with Gasteiger partial charge in [-0.05, 0) is 19.1 Å². The van der Waals surface area contributed by atoms with Crippen LogP contribution >= 0.6 is 46.6 Å². The molecule has 2 rings (SSSR count). The monoisotopic (exact) mass is 373 g/mol. The number of rotatable bonds is 2. The molecule has 20 heavy (non-hydrogen) atoms. The van der Waals surface area contributed by atoms with E-state index < -0.39 is 19.2 Å². The van der Waals surface area contributed by atoms with Crippen LogP contribution in [0.4, 0.5) is 0 Å². The van der Waals surface area contributed by atoms with Crippen LogP contribution in [0, 0.1) is 6.92 Å². The lowest BCUT2D eigenvalue weighted by Gasteiger charge is -2.27. The fraction of sp³-hybridized carbons (Fsp3) is 0.364. The molecule has 0 radical (unpaired) electrons. The minimum Gasteiger partial charge on any atom is -0.286 e. The third-order valence-corrected chi connectivity index (χ3v) is 6.89. The van der Waals surface area contributed by atoms with E-state index >= 15 is 0 Å². The molecule has 1 fully saturated rings. The largest absolute Gasteiger partial charge is 0.286 e. The van der Waals surface area contributed by atoms with Gasteiger partial charge in [-0.1, -0.05) is 64.3 Å². The number of sulfonamides is 1. The van der Waals surface area contributed by atoms with Crippen LogP contribution in [-0.2, 0) is 14.8 Å². The quantitative estimate of drug-likeness (QED) is 0.747. The summed E-state index contributed by atoms with van der Waals surface area (Å²) in [6.07, 6.45) is 0. The van der Waals surface area contributed by atoms with Gasteiger partial charge in [-0.25, -0.2) is 8.42 Å². The predicted octanol–water partition coefficient (Wildman–Crippen LogP) is 2.96. The van der Waals surface area contributed by atoms with E-state index in [1.54, 1.807) is 12.1 Å². The van der Waals surface area contributed by atoms with E-state index in [0.29, 0.717) is 0 Å². The maximum Gasteiger partial charge on any atom is 0.244 e. The van der Waals surface area contributed by atoms with Gasteiger partial charge in [0.15, 0.2) is 0 Å². The summed E-state index contributed by atoms with van der Waals surface area (Å²) in [5, 5.41) is -1.41. The fourth-order valence-corrected chi connectivity index (χ4v) is 5.43. The van der Waals surface area contributed by atoms with Gasteiger partial charge in [-0.3, -0.25) is 4.79 Å². The van der Waals surface area contributed by atoms with Crippen LogP contribution in [0.25, 0.3) is 0 Å². The topological polar surface area (TPSA) is 54.5 Å². The number of thioether (sulfide) groups is 1. The zero-order valence-corrected chi connectivity index (χ0v) is 14.1. The number of hydrogen-bond acceptors (Lipinski definition) is 4. The fourth-order valence-electron chi connectivity index (χ4n) is 1.72. The molecule has 1 atom stereocenters. The molecule has 1 heterocycles. The number of halogens is 3. The van der Waals surface area contributed by atoms with E-state index in [-0.39, 0.29) is 16.6 Å². The van der Waals surface area contributed by atoms with Crippen molar-refractivity contribution in [3.63, 3.8) is 0 Å². The standard InChI is InChI=1S/C11H10Cl3NO3S2/c1-7-2-4-8(5-3-7)20(17,18)15-6-9(16)19-10(15)11(12,13)14/h2-5,10H,6H2,1H3. The molecule has 1 aromatic rings. The van der Waals surface area contributed by atoms with Crippen molar-refractivity contribution in [1.29, 1.82) is 0 Å². The van der Waals surface area contributed by atoms with Crippen molar-refractivity contribution in [1.82, 2.24) is 4.31 Å². The van der Waals surface area contributed by atoms with E-state index in [2.05, 4.69) is 0 Å². The van der Waals surface area contributed by atoms with Gasteiger partial charge in [0, 0.05) is 0 Å². The summed E-state index contributed by atoms with van der Waals surface area (Å²) < 4.78 is 24.1. The van der Waals surface area contributed by atoms with Gasteiger partial charge in [0.1, 0.15) is 5.37 Å². The molecule has 1 aromatic carbocycles. The summed E-state index contributed by atoms with van der Waals surface area (Å²) in [6.45, 7) is 1.54. The van der Waals surface area contributed by atoms with Gasteiger partial charge >= 0.3 is 0 Å². The molecular formula is C11H10Cl3NO3S2. The van der Waals surface area contributed by atoms with Crippen LogP contribution in [0.2, 0.25) is 0 Å². The van der Waals surface area contributed by atoms with Crippen LogP contribution in [0.3, 0.4) is 0 Å². The Kier molecular flexibility index (Phi) is 4.64. The molecule has 1 saturated heterocycles. The molecule has 9 heteroatoms. The molecule has 0 N–H and O–H groups in total. The Bertz CT molecular complexity index is 625. The number of carbonyl (C=O) groups is 1. The maximum atomic E-state index is 12.5. The van der Waals surface area contributed by atoms with Gasteiger partial charge in [-0.15, -0.1) is 0 Å². The smallest absolute Gasteiger partial charge is 0.244 e. The second-order valence-corrected chi connectivity index (χ2v) is 9.64. The number of aryl methyl sites for hydroxylation is 1. The Morgan fingerprint density at radius 3 is 2.30 bits per heavy atom. The second-order valence-electron chi connectivity index (χ2n) is 4.25. The van der Waals surface area contributed by atoms with E-state index in [9.17, 15) is 13.2 Å². The Hall–Kier alpha value is 0.0200. The number of hydrogen-bond donors (Lipinski definition) is 0. The number of carbonyl (C=O) groups excluding carboxylic acids is 1. The van der Waals surface area contributed by atoms with Crippen molar-refractivity contribution in [2.75, 3.05) is 6.54 Å². The molecule has 1 unspecified atom stereocenters. The number of benzene rings is 1. The third kappa shape index (κ3) is 3.26. The van der Waals surface area contributed by atoms with Crippen molar-refractivity contribution >= 4 is 61.7 Å². The van der Waals surface area contributed by atoms with E-state index in [4.69, 9.17) is 34.8 Å². The van der Waals surface area contributed by atoms with Crippen molar-refractivity contribution in [3.05, 3.63) is 29.8 Å². The lowest BCUT2D eigenvalue weighted by atomic mass is 10.2. The first-order valence-corrected chi connectivity index (χ1v) is 8.92. The van der Waals surface area contributed by atoms with E-state index in [1.165, 1.54) is 12.1 Å². The molecule has 110 valence electrons. The molecule has 0 spiro atoms. The molecular weight excluding hydrogens is 365 g/mol. The molecule has 1 aliphatic heterocycles. The highest BCUT2D eigenvalue weighted by molar-refractivity contribution is 8.15. The highest BCUT2D eigenvalue weighted by Crippen LogP contribution is 2.45. The third-order valence-electron chi connectivity index (χ3n) is 2.70. The van der Waals surface area contributed by atoms with E-state index in [0.717, 1.165) is 21.6 Å². The summed E-state index contributed by atoms with van der Waals surface area (Å²) in [4.78, 5) is 11.6. The summed E-state index contributed by atoms with van der Waals surface area (Å²) in [5.41, 5.74) is 0.925. The lowest BCUT2D eigenvalue weighted by molar-refractivity contribution is -0.110. The van der Waals surface area contributed by atoms with Gasteiger partial charge in [0.2, 0.25) is 18.9 Å². The predicted molar refractivity (Wildman–Crippen MR) is 81.7 cm³/mol. The van der Waals surface area contributed by atoms with Crippen LogP contribution in [-0.4, -0.2) is 33.5 Å². The maximum absolute atomic E-state index is 12.5.